The summed E-state index contributed by atoms with van der Waals surface area (Å²) in [4.78, 5) is 12.3. The molecule has 0 aliphatic heterocycles. The Morgan fingerprint density at radius 2 is 2.15 bits per heavy atom. The monoisotopic (exact) mass is 333 g/mol. The van der Waals surface area contributed by atoms with Gasteiger partial charge in [0.2, 0.25) is 0 Å². The van der Waals surface area contributed by atoms with Crippen LogP contribution in [0.25, 0.3) is 5.52 Å². The van der Waals surface area contributed by atoms with E-state index in [2.05, 4.69) is 21.0 Å². The normalized spacial score (nSPS) is 10.9. The van der Waals surface area contributed by atoms with Crippen molar-refractivity contribution in [3.63, 3.8) is 0 Å². The Bertz CT molecular complexity index is 823. The van der Waals surface area contributed by atoms with Crippen molar-refractivity contribution in [3.8, 4) is 5.75 Å². The zero-order valence-corrected chi connectivity index (χ0v) is 12.4. The number of ether oxygens (including phenoxy) is 1. The second-order valence-electron chi connectivity index (χ2n) is 4.35. The summed E-state index contributed by atoms with van der Waals surface area (Å²) in [5.74, 6) is 0.758. The molecule has 2 aromatic heterocycles. The number of hydrogen-bond donors (Lipinski definition) is 0. The van der Waals surface area contributed by atoms with Gasteiger partial charge in [0.15, 0.2) is 0 Å². The Morgan fingerprint density at radius 1 is 1.30 bits per heavy atom. The van der Waals surface area contributed by atoms with Crippen LogP contribution in [0, 0.1) is 0 Å². The van der Waals surface area contributed by atoms with Gasteiger partial charge in [-0.2, -0.15) is 5.10 Å². The van der Waals surface area contributed by atoms with Gasteiger partial charge in [0.1, 0.15) is 11.3 Å². The average molecular weight is 334 g/mol. The van der Waals surface area contributed by atoms with Gasteiger partial charge < -0.3 is 9.30 Å². The van der Waals surface area contributed by atoms with Gasteiger partial charge in [-0.25, -0.2) is 4.52 Å². The van der Waals surface area contributed by atoms with Gasteiger partial charge in [0.25, 0.3) is 5.56 Å². The summed E-state index contributed by atoms with van der Waals surface area (Å²) in [5, 5.41) is 4.05. The van der Waals surface area contributed by atoms with Crippen molar-refractivity contribution in [2.45, 2.75) is 6.54 Å². The summed E-state index contributed by atoms with van der Waals surface area (Å²) < 4.78 is 9.49. The minimum Gasteiger partial charge on any atom is -0.496 e. The molecule has 6 heteroatoms. The first-order valence-corrected chi connectivity index (χ1v) is 6.83. The van der Waals surface area contributed by atoms with Crippen LogP contribution < -0.4 is 10.3 Å². The van der Waals surface area contributed by atoms with Crippen LogP contribution in [0.5, 0.6) is 5.75 Å². The summed E-state index contributed by atoms with van der Waals surface area (Å²) in [5.41, 5.74) is 1.42. The van der Waals surface area contributed by atoms with Gasteiger partial charge in [-0.3, -0.25) is 4.79 Å². The van der Waals surface area contributed by atoms with Crippen LogP contribution in [0.15, 0.2) is 52.1 Å². The third-order valence-corrected chi connectivity index (χ3v) is 3.61. The number of methoxy groups -OCH3 is 1. The third-order valence-electron chi connectivity index (χ3n) is 3.12. The lowest BCUT2D eigenvalue weighted by Crippen LogP contribution is -2.22. The first-order valence-electron chi connectivity index (χ1n) is 6.04. The topological polar surface area (TPSA) is 48.5 Å². The molecule has 0 aliphatic carbocycles. The molecule has 0 amide bonds. The van der Waals surface area contributed by atoms with Crippen molar-refractivity contribution < 1.29 is 4.74 Å². The Morgan fingerprint density at radius 3 is 2.95 bits per heavy atom. The fourth-order valence-corrected chi connectivity index (χ4v) is 2.55. The van der Waals surface area contributed by atoms with Gasteiger partial charge in [0, 0.05) is 22.4 Å². The molecule has 0 saturated heterocycles. The number of aromatic nitrogens is 3. The standard InChI is InChI=1S/C14H12BrN3O2/c1-20-13-3-2-11(15)8-10(13)9-17-6-7-18-12(14(17)19)4-5-16-18/h2-8H,9H2,1H3. The minimum absolute atomic E-state index is 0.0768. The Balaban J connectivity index is 2.07. The van der Waals surface area contributed by atoms with E-state index >= 15 is 0 Å². The highest BCUT2D eigenvalue weighted by Crippen LogP contribution is 2.23. The van der Waals surface area contributed by atoms with E-state index in [4.69, 9.17) is 4.74 Å². The summed E-state index contributed by atoms with van der Waals surface area (Å²) in [7, 11) is 1.62. The van der Waals surface area contributed by atoms with Crippen LogP contribution in [0.3, 0.4) is 0 Å². The van der Waals surface area contributed by atoms with E-state index in [9.17, 15) is 4.79 Å². The van der Waals surface area contributed by atoms with Crippen LogP contribution in [0.2, 0.25) is 0 Å². The highest BCUT2D eigenvalue weighted by molar-refractivity contribution is 9.10. The molecule has 0 atom stereocenters. The number of rotatable bonds is 3. The minimum atomic E-state index is -0.0768. The summed E-state index contributed by atoms with van der Waals surface area (Å²) >= 11 is 3.43. The average Bonchev–Trinajstić information content (AvgIpc) is 2.91. The van der Waals surface area contributed by atoms with E-state index in [0.29, 0.717) is 12.1 Å². The predicted octanol–water partition coefficient (Wildman–Crippen LogP) is 2.32. The molecule has 0 unspecified atom stereocenters. The first-order chi connectivity index (χ1) is 9.69. The molecule has 5 nitrogen and oxygen atoms in total. The quantitative estimate of drug-likeness (QED) is 0.739. The lowest BCUT2D eigenvalue weighted by molar-refractivity contribution is 0.408. The zero-order chi connectivity index (χ0) is 14.1. The van der Waals surface area contributed by atoms with E-state index in [1.165, 1.54) is 0 Å². The number of nitrogens with zero attached hydrogens (tertiary/aromatic N) is 3. The number of hydrogen-bond acceptors (Lipinski definition) is 3. The zero-order valence-electron chi connectivity index (χ0n) is 10.8. The molecule has 0 radical (unpaired) electrons. The molecular formula is C14H12BrN3O2. The van der Waals surface area contributed by atoms with Gasteiger partial charge in [-0.15, -0.1) is 0 Å². The fraction of sp³-hybridized carbons (Fsp3) is 0.143. The fourth-order valence-electron chi connectivity index (χ4n) is 2.14. The Kier molecular flexibility index (Phi) is 3.31. The van der Waals surface area contributed by atoms with Gasteiger partial charge in [-0.1, -0.05) is 15.9 Å². The number of benzene rings is 1. The maximum atomic E-state index is 12.3. The summed E-state index contributed by atoms with van der Waals surface area (Å²) in [6.45, 7) is 0.448. The van der Waals surface area contributed by atoms with Crippen molar-refractivity contribution in [2.75, 3.05) is 7.11 Å². The molecule has 2 heterocycles. The molecule has 102 valence electrons. The lowest BCUT2D eigenvalue weighted by atomic mass is 10.2. The molecule has 0 aliphatic rings. The molecule has 1 aromatic carbocycles. The van der Waals surface area contributed by atoms with Crippen molar-refractivity contribution in [1.29, 1.82) is 0 Å². The predicted molar refractivity (Wildman–Crippen MR) is 79.2 cm³/mol. The van der Waals surface area contributed by atoms with Crippen LogP contribution >= 0.6 is 15.9 Å². The van der Waals surface area contributed by atoms with Crippen LogP contribution in [0.1, 0.15) is 5.56 Å². The highest BCUT2D eigenvalue weighted by atomic mass is 79.9. The molecule has 0 N–H and O–H groups in total. The SMILES string of the molecule is COc1ccc(Br)cc1Cn1ccn2nccc2c1=O. The van der Waals surface area contributed by atoms with Crippen molar-refractivity contribution in [2.24, 2.45) is 0 Å². The number of halogens is 1. The molecule has 3 rings (SSSR count). The summed E-state index contributed by atoms with van der Waals surface area (Å²) in [6, 6.07) is 7.44. The molecule has 20 heavy (non-hydrogen) atoms. The van der Waals surface area contributed by atoms with Crippen LogP contribution in [0.4, 0.5) is 0 Å². The van der Waals surface area contributed by atoms with E-state index in [-0.39, 0.29) is 5.56 Å². The van der Waals surface area contributed by atoms with Crippen molar-refractivity contribution in [1.82, 2.24) is 14.2 Å². The number of fused-ring (bicyclic) bond motifs is 1. The molecular weight excluding hydrogens is 322 g/mol. The third kappa shape index (κ3) is 2.22. The van der Waals surface area contributed by atoms with E-state index in [0.717, 1.165) is 15.8 Å². The second kappa shape index (κ2) is 5.13. The smallest absolute Gasteiger partial charge is 0.276 e. The van der Waals surface area contributed by atoms with Gasteiger partial charge >= 0.3 is 0 Å². The van der Waals surface area contributed by atoms with Crippen LogP contribution in [-0.4, -0.2) is 21.3 Å². The maximum absolute atomic E-state index is 12.3. The van der Waals surface area contributed by atoms with Crippen LogP contribution in [-0.2, 0) is 6.54 Å². The molecule has 0 fully saturated rings. The van der Waals surface area contributed by atoms with Crippen molar-refractivity contribution in [3.05, 3.63) is 63.2 Å². The van der Waals surface area contributed by atoms with Gasteiger partial charge in [-0.05, 0) is 24.3 Å². The molecule has 0 spiro atoms. The Labute approximate surface area is 123 Å². The maximum Gasteiger partial charge on any atom is 0.276 e. The van der Waals surface area contributed by atoms with E-state index in [1.807, 2.05) is 18.2 Å². The van der Waals surface area contributed by atoms with E-state index < -0.39 is 0 Å². The molecule has 3 aromatic rings. The molecule has 0 bridgehead atoms. The largest absolute Gasteiger partial charge is 0.496 e. The van der Waals surface area contributed by atoms with E-state index in [1.54, 1.807) is 40.8 Å². The first kappa shape index (κ1) is 12.9. The summed E-state index contributed by atoms with van der Waals surface area (Å²) in [6.07, 6.45) is 5.10. The lowest BCUT2D eigenvalue weighted by Gasteiger charge is -2.11. The van der Waals surface area contributed by atoms with Gasteiger partial charge in [0.05, 0.1) is 19.9 Å². The second-order valence-corrected chi connectivity index (χ2v) is 5.26. The highest BCUT2D eigenvalue weighted by Gasteiger charge is 2.08. The van der Waals surface area contributed by atoms with Crippen molar-refractivity contribution >= 4 is 21.4 Å². The molecule has 0 saturated carbocycles. The Hall–Kier alpha value is -2.08.